The number of isocyanates is 1. The van der Waals surface area contributed by atoms with Gasteiger partial charge < -0.3 is 4.74 Å². The van der Waals surface area contributed by atoms with Crippen molar-refractivity contribution in [1.82, 2.24) is 0 Å². The molecular formula is C7H9NO3S. The minimum Gasteiger partial charge on any atom is -0.461 e. The molecule has 0 aliphatic heterocycles. The Morgan fingerprint density at radius 1 is 1.75 bits per heavy atom. The summed E-state index contributed by atoms with van der Waals surface area (Å²) in [4.78, 5) is 20.3. The Labute approximate surface area is 74.8 Å². The van der Waals surface area contributed by atoms with Crippen LogP contribution in [-0.4, -0.2) is 24.4 Å². The first-order valence-electron chi connectivity index (χ1n) is 3.20. The van der Waals surface area contributed by atoms with Crippen molar-refractivity contribution in [3.8, 4) is 0 Å². The van der Waals surface area contributed by atoms with Gasteiger partial charge in [0.05, 0.1) is 5.75 Å². The first-order valence-corrected chi connectivity index (χ1v) is 4.14. The molecule has 0 heterocycles. The van der Waals surface area contributed by atoms with E-state index in [1.54, 1.807) is 6.92 Å². The minimum atomic E-state index is -0.425. The number of carbonyl (C=O) groups is 1. The van der Waals surface area contributed by atoms with E-state index in [0.717, 1.165) is 11.9 Å². The second-order valence-electron chi connectivity index (χ2n) is 1.93. The average Bonchev–Trinajstić information content (AvgIpc) is 2.03. The van der Waals surface area contributed by atoms with E-state index in [2.05, 4.69) is 11.0 Å². The van der Waals surface area contributed by atoms with E-state index in [9.17, 15) is 9.59 Å². The van der Waals surface area contributed by atoms with Crippen molar-refractivity contribution in [1.29, 1.82) is 0 Å². The molecule has 0 amide bonds. The highest BCUT2D eigenvalue weighted by atomic mass is 32.2. The molecule has 0 saturated heterocycles. The van der Waals surface area contributed by atoms with Crippen LogP contribution in [0.5, 0.6) is 0 Å². The Kier molecular flexibility index (Phi) is 6.05. The molecule has 12 heavy (non-hydrogen) atoms. The van der Waals surface area contributed by atoms with Gasteiger partial charge in [0.25, 0.3) is 0 Å². The van der Waals surface area contributed by atoms with Crippen LogP contribution >= 0.6 is 11.9 Å². The second-order valence-corrected chi connectivity index (χ2v) is 2.78. The molecule has 0 aromatic carbocycles. The first-order chi connectivity index (χ1) is 5.68. The molecule has 0 bridgehead atoms. The molecular weight excluding hydrogens is 178 g/mol. The average molecular weight is 187 g/mol. The van der Waals surface area contributed by atoms with Crippen LogP contribution in [0.1, 0.15) is 6.92 Å². The minimum absolute atomic E-state index is 0.224. The van der Waals surface area contributed by atoms with Crippen LogP contribution in [0.4, 0.5) is 0 Å². The van der Waals surface area contributed by atoms with Crippen LogP contribution in [-0.2, 0) is 14.3 Å². The Bertz CT molecular complexity index is 221. The molecule has 0 rings (SSSR count). The van der Waals surface area contributed by atoms with E-state index in [1.807, 2.05) is 0 Å². The zero-order valence-corrected chi connectivity index (χ0v) is 7.52. The van der Waals surface area contributed by atoms with Gasteiger partial charge in [-0.1, -0.05) is 6.58 Å². The summed E-state index contributed by atoms with van der Waals surface area (Å²) in [5.41, 5.74) is 0.360. The highest BCUT2D eigenvalue weighted by molar-refractivity contribution is 7.98. The normalized spacial score (nSPS) is 8.42. The Morgan fingerprint density at radius 2 is 2.42 bits per heavy atom. The van der Waals surface area contributed by atoms with Crippen molar-refractivity contribution in [2.24, 2.45) is 4.40 Å². The number of rotatable bonds is 5. The quantitative estimate of drug-likeness (QED) is 0.161. The molecule has 0 aromatic heterocycles. The van der Waals surface area contributed by atoms with Gasteiger partial charge in [-0.25, -0.2) is 9.59 Å². The number of ether oxygens (including phenoxy) is 1. The van der Waals surface area contributed by atoms with Crippen LogP contribution in [0.15, 0.2) is 16.5 Å². The largest absolute Gasteiger partial charge is 0.461 e. The van der Waals surface area contributed by atoms with Gasteiger partial charge in [0.1, 0.15) is 6.61 Å². The molecule has 0 atom stereocenters. The van der Waals surface area contributed by atoms with E-state index >= 15 is 0 Å². The molecule has 0 spiro atoms. The highest BCUT2D eigenvalue weighted by Gasteiger charge is 2.01. The van der Waals surface area contributed by atoms with Crippen LogP contribution < -0.4 is 0 Å². The van der Waals surface area contributed by atoms with Gasteiger partial charge >= 0.3 is 5.97 Å². The lowest BCUT2D eigenvalue weighted by Gasteiger charge is -2.00. The Morgan fingerprint density at radius 3 is 2.92 bits per heavy atom. The maximum Gasteiger partial charge on any atom is 0.333 e. The molecule has 4 nitrogen and oxygen atoms in total. The van der Waals surface area contributed by atoms with Gasteiger partial charge in [-0.2, -0.15) is 0 Å². The molecule has 0 saturated carbocycles. The predicted octanol–water partition coefficient (Wildman–Crippen LogP) is 1.09. The first kappa shape index (κ1) is 10.9. The van der Waals surface area contributed by atoms with Gasteiger partial charge in [0.2, 0.25) is 6.08 Å². The molecule has 0 N–H and O–H groups in total. The monoisotopic (exact) mass is 187 g/mol. The zero-order chi connectivity index (χ0) is 9.40. The van der Waals surface area contributed by atoms with Crippen LogP contribution in [0.25, 0.3) is 0 Å². The van der Waals surface area contributed by atoms with Gasteiger partial charge in [-0.3, -0.25) is 0 Å². The van der Waals surface area contributed by atoms with Crippen molar-refractivity contribution in [2.75, 3.05) is 12.4 Å². The maximum atomic E-state index is 10.7. The van der Waals surface area contributed by atoms with Gasteiger partial charge in [0.15, 0.2) is 0 Å². The Hall–Kier alpha value is -1.06. The molecule has 0 radical (unpaired) electrons. The third-order valence-electron chi connectivity index (χ3n) is 0.858. The summed E-state index contributed by atoms with van der Waals surface area (Å²) in [5.74, 6) is 0.0273. The number of esters is 1. The molecule has 0 aliphatic carbocycles. The van der Waals surface area contributed by atoms with Gasteiger partial charge in [-0.05, 0) is 18.9 Å². The fraction of sp³-hybridized carbons (Fsp3) is 0.429. The molecule has 0 fully saturated rings. The van der Waals surface area contributed by atoms with E-state index in [-0.39, 0.29) is 6.61 Å². The fourth-order valence-corrected chi connectivity index (χ4v) is 0.669. The van der Waals surface area contributed by atoms with Crippen molar-refractivity contribution in [3.05, 3.63) is 12.2 Å². The highest BCUT2D eigenvalue weighted by Crippen LogP contribution is 2.00. The summed E-state index contributed by atoms with van der Waals surface area (Å²) in [6.45, 7) is 5.20. The molecule has 5 heteroatoms. The molecule has 0 aromatic rings. The number of carbonyl (C=O) groups excluding carboxylic acids is 2. The van der Waals surface area contributed by atoms with E-state index in [4.69, 9.17) is 4.74 Å². The van der Waals surface area contributed by atoms with E-state index in [0.29, 0.717) is 11.3 Å². The SMILES string of the molecule is C=C(C)C(=O)OCCSN=C=O. The Balaban J connectivity index is 3.37. The number of nitrogens with zero attached hydrogens (tertiary/aromatic N) is 1. The van der Waals surface area contributed by atoms with Crippen molar-refractivity contribution < 1.29 is 14.3 Å². The second kappa shape index (κ2) is 6.64. The number of hydrogen-bond acceptors (Lipinski definition) is 5. The third kappa shape index (κ3) is 5.70. The van der Waals surface area contributed by atoms with Gasteiger partial charge in [0, 0.05) is 5.57 Å². The summed E-state index contributed by atoms with van der Waals surface area (Å²) >= 11 is 1.00. The van der Waals surface area contributed by atoms with Crippen LogP contribution in [0, 0.1) is 0 Å². The third-order valence-corrected chi connectivity index (χ3v) is 1.41. The lowest BCUT2D eigenvalue weighted by atomic mass is 10.4. The zero-order valence-electron chi connectivity index (χ0n) is 6.70. The van der Waals surface area contributed by atoms with Crippen LogP contribution in [0.2, 0.25) is 0 Å². The predicted molar refractivity (Wildman–Crippen MR) is 46.4 cm³/mol. The molecule has 0 unspecified atom stereocenters. The smallest absolute Gasteiger partial charge is 0.333 e. The summed E-state index contributed by atoms with van der Waals surface area (Å²) < 4.78 is 7.91. The summed E-state index contributed by atoms with van der Waals surface area (Å²) in [5, 5.41) is 0. The van der Waals surface area contributed by atoms with E-state index in [1.165, 1.54) is 6.08 Å². The summed E-state index contributed by atoms with van der Waals surface area (Å²) in [6, 6.07) is 0. The van der Waals surface area contributed by atoms with Crippen LogP contribution in [0.3, 0.4) is 0 Å². The summed E-state index contributed by atoms with van der Waals surface area (Å²) in [6.07, 6.45) is 1.36. The van der Waals surface area contributed by atoms with Crippen molar-refractivity contribution >= 4 is 24.0 Å². The summed E-state index contributed by atoms with van der Waals surface area (Å²) in [7, 11) is 0. The molecule has 66 valence electrons. The van der Waals surface area contributed by atoms with Crippen molar-refractivity contribution in [3.63, 3.8) is 0 Å². The fourth-order valence-electron chi connectivity index (χ4n) is 0.367. The number of hydrogen-bond donors (Lipinski definition) is 0. The topological polar surface area (TPSA) is 55.7 Å². The van der Waals surface area contributed by atoms with E-state index < -0.39 is 5.97 Å². The molecule has 0 aliphatic rings. The lowest BCUT2D eigenvalue weighted by Crippen LogP contribution is -2.07. The maximum absolute atomic E-state index is 10.7. The lowest BCUT2D eigenvalue weighted by molar-refractivity contribution is -0.138. The standard InChI is InChI=1S/C7H9NO3S/c1-6(2)7(10)11-3-4-12-8-5-9/h1,3-4H2,2H3. The van der Waals surface area contributed by atoms with Crippen molar-refractivity contribution in [2.45, 2.75) is 6.92 Å². The van der Waals surface area contributed by atoms with Gasteiger partial charge in [-0.15, -0.1) is 4.40 Å².